The minimum absolute atomic E-state index is 0.721. The maximum atomic E-state index is 6.02. The molecule has 5 nitrogen and oxygen atoms in total. The van der Waals surface area contributed by atoms with Crippen LogP contribution in [0.5, 0.6) is 0 Å². The second kappa shape index (κ2) is 4.40. The van der Waals surface area contributed by atoms with Gasteiger partial charge in [0.15, 0.2) is 5.82 Å². The van der Waals surface area contributed by atoms with Crippen LogP contribution >= 0.6 is 0 Å². The van der Waals surface area contributed by atoms with Crippen molar-refractivity contribution in [3.05, 3.63) is 23.8 Å². The van der Waals surface area contributed by atoms with Crippen molar-refractivity contribution in [3.63, 3.8) is 0 Å². The summed E-state index contributed by atoms with van der Waals surface area (Å²) in [6.07, 6.45) is 3.89. The SMILES string of the molecule is Cc1ccc(N)c(-c2nnnn2CC2CCC2)c1. The summed E-state index contributed by atoms with van der Waals surface area (Å²) in [4.78, 5) is 0. The summed E-state index contributed by atoms with van der Waals surface area (Å²) in [5, 5.41) is 12.0. The van der Waals surface area contributed by atoms with Gasteiger partial charge in [-0.2, -0.15) is 0 Å². The fraction of sp³-hybridized carbons (Fsp3) is 0.462. The summed E-state index contributed by atoms with van der Waals surface area (Å²) in [6.45, 7) is 2.94. The summed E-state index contributed by atoms with van der Waals surface area (Å²) in [5.74, 6) is 1.50. The molecule has 2 N–H and O–H groups in total. The summed E-state index contributed by atoms with van der Waals surface area (Å²) < 4.78 is 1.88. The minimum Gasteiger partial charge on any atom is -0.398 e. The molecule has 0 unspecified atom stereocenters. The Bertz CT molecular complexity index is 556. The lowest BCUT2D eigenvalue weighted by Gasteiger charge is -2.25. The van der Waals surface area contributed by atoms with Gasteiger partial charge in [0.1, 0.15) is 0 Å². The molecular formula is C13H17N5. The lowest BCUT2D eigenvalue weighted by Crippen LogP contribution is -2.19. The Hall–Kier alpha value is -1.91. The first-order valence-electron chi connectivity index (χ1n) is 6.36. The molecule has 0 aliphatic heterocycles. The van der Waals surface area contributed by atoms with Crippen LogP contribution in [0.1, 0.15) is 24.8 Å². The molecule has 1 aromatic carbocycles. The summed E-state index contributed by atoms with van der Waals surface area (Å²) in [6, 6.07) is 5.95. The Morgan fingerprint density at radius 2 is 2.22 bits per heavy atom. The van der Waals surface area contributed by atoms with E-state index in [2.05, 4.69) is 15.5 Å². The number of tetrazole rings is 1. The number of nitrogen functional groups attached to an aromatic ring is 1. The number of aryl methyl sites for hydroxylation is 1. The van der Waals surface area contributed by atoms with Gasteiger partial charge in [-0.15, -0.1) is 5.10 Å². The largest absolute Gasteiger partial charge is 0.398 e. The molecule has 1 aliphatic rings. The Morgan fingerprint density at radius 1 is 1.39 bits per heavy atom. The third-order valence-corrected chi connectivity index (χ3v) is 3.64. The highest BCUT2D eigenvalue weighted by atomic mass is 15.5. The Balaban J connectivity index is 1.95. The van der Waals surface area contributed by atoms with Crippen molar-refractivity contribution < 1.29 is 0 Å². The number of anilines is 1. The fourth-order valence-electron chi connectivity index (χ4n) is 2.30. The van der Waals surface area contributed by atoms with E-state index in [-0.39, 0.29) is 0 Å². The first kappa shape index (κ1) is 11.2. The summed E-state index contributed by atoms with van der Waals surface area (Å²) >= 11 is 0. The molecular weight excluding hydrogens is 226 g/mol. The molecule has 1 aliphatic carbocycles. The van der Waals surface area contributed by atoms with Crippen molar-refractivity contribution in [1.29, 1.82) is 0 Å². The first-order valence-corrected chi connectivity index (χ1v) is 6.36. The van der Waals surface area contributed by atoms with Gasteiger partial charge >= 0.3 is 0 Å². The number of rotatable bonds is 3. The molecule has 0 saturated heterocycles. The van der Waals surface area contributed by atoms with Crippen molar-refractivity contribution in [3.8, 4) is 11.4 Å². The van der Waals surface area contributed by atoms with E-state index in [1.54, 1.807) is 0 Å². The van der Waals surface area contributed by atoms with Crippen LogP contribution in [0.4, 0.5) is 5.69 Å². The minimum atomic E-state index is 0.721. The zero-order valence-corrected chi connectivity index (χ0v) is 10.5. The number of hydrogen-bond donors (Lipinski definition) is 1. The second-order valence-corrected chi connectivity index (χ2v) is 5.07. The van der Waals surface area contributed by atoms with E-state index in [1.807, 2.05) is 29.8 Å². The van der Waals surface area contributed by atoms with Crippen LogP contribution in [-0.2, 0) is 6.54 Å². The maximum Gasteiger partial charge on any atom is 0.184 e. The third-order valence-electron chi connectivity index (χ3n) is 3.64. The number of hydrogen-bond acceptors (Lipinski definition) is 4. The molecule has 5 heteroatoms. The van der Waals surface area contributed by atoms with Crippen molar-refractivity contribution >= 4 is 5.69 Å². The van der Waals surface area contributed by atoms with Gasteiger partial charge in [0, 0.05) is 17.8 Å². The van der Waals surface area contributed by atoms with Gasteiger partial charge in [-0.3, -0.25) is 0 Å². The Labute approximate surface area is 106 Å². The Morgan fingerprint density at radius 3 is 2.94 bits per heavy atom. The molecule has 0 spiro atoms. The van der Waals surface area contributed by atoms with Crippen molar-refractivity contribution in [2.75, 3.05) is 5.73 Å². The lowest BCUT2D eigenvalue weighted by atomic mass is 9.85. The number of aromatic nitrogens is 4. The normalized spacial score (nSPS) is 15.6. The monoisotopic (exact) mass is 243 g/mol. The van der Waals surface area contributed by atoms with Gasteiger partial charge in [-0.1, -0.05) is 18.1 Å². The van der Waals surface area contributed by atoms with E-state index in [9.17, 15) is 0 Å². The van der Waals surface area contributed by atoms with E-state index in [4.69, 9.17) is 5.73 Å². The van der Waals surface area contributed by atoms with Crippen LogP contribution < -0.4 is 5.73 Å². The molecule has 18 heavy (non-hydrogen) atoms. The maximum absolute atomic E-state index is 6.02. The van der Waals surface area contributed by atoms with Gasteiger partial charge in [0.25, 0.3) is 0 Å². The average Bonchev–Trinajstić information content (AvgIpc) is 2.75. The van der Waals surface area contributed by atoms with E-state index < -0.39 is 0 Å². The third kappa shape index (κ3) is 1.96. The number of benzene rings is 1. The van der Waals surface area contributed by atoms with Gasteiger partial charge in [0.05, 0.1) is 0 Å². The van der Waals surface area contributed by atoms with Crippen LogP contribution in [0.25, 0.3) is 11.4 Å². The van der Waals surface area contributed by atoms with E-state index in [1.165, 1.54) is 19.3 Å². The predicted molar refractivity (Wildman–Crippen MR) is 69.7 cm³/mol. The molecule has 1 aromatic heterocycles. The van der Waals surface area contributed by atoms with Crippen LogP contribution in [0.15, 0.2) is 18.2 Å². The highest BCUT2D eigenvalue weighted by Crippen LogP contribution is 2.30. The topological polar surface area (TPSA) is 69.6 Å². The number of nitrogens with zero attached hydrogens (tertiary/aromatic N) is 4. The molecule has 0 atom stereocenters. The van der Waals surface area contributed by atoms with Crippen LogP contribution in [0, 0.1) is 12.8 Å². The molecule has 1 heterocycles. The van der Waals surface area contributed by atoms with E-state index in [0.717, 1.165) is 35.1 Å². The number of nitrogens with two attached hydrogens (primary N) is 1. The van der Waals surface area contributed by atoms with Crippen LogP contribution in [0.2, 0.25) is 0 Å². The molecule has 2 aromatic rings. The second-order valence-electron chi connectivity index (χ2n) is 5.07. The molecule has 0 bridgehead atoms. The van der Waals surface area contributed by atoms with Gasteiger partial charge in [-0.05, 0) is 48.2 Å². The smallest absolute Gasteiger partial charge is 0.184 e. The van der Waals surface area contributed by atoms with Gasteiger partial charge < -0.3 is 5.73 Å². The molecule has 1 saturated carbocycles. The lowest BCUT2D eigenvalue weighted by molar-refractivity contribution is 0.265. The van der Waals surface area contributed by atoms with E-state index in [0.29, 0.717) is 0 Å². The van der Waals surface area contributed by atoms with Crippen LogP contribution in [-0.4, -0.2) is 20.2 Å². The van der Waals surface area contributed by atoms with Crippen molar-refractivity contribution in [1.82, 2.24) is 20.2 Å². The summed E-state index contributed by atoms with van der Waals surface area (Å²) in [5.41, 5.74) is 8.84. The molecule has 0 amide bonds. The first-order chi connectivity index (χ1) is 8.74. The average molecular weight is 243 g/mol. The van der Waals surface area contributed by atoms with Gasteiger partial charge in [-0.25, -0.2) is 4.68 Å². The molecule has 94 valence electrons. The van der Waals surface area contributed by atoms with E-state index >= 15 is 0 Å². The standard InChI is InChI=1S/C13H17N5/c1-9-5-6-12(14)11(7-9)13-15-16-17-18(13)8-10-3-2-4-10/h5-7,10H,2-4,8,14H2,1H3. The molecule has 0 radical (unpaired) electrons. The summed E-state index contributed by atoms with van der Waals surface area (Å²) in [7, 11) is 0. The quantitative estimate of drug-likeness (QED) is 0.837. The molecule has 1 fully saturated rings. The zero-order chi connectivity index (χ0) is 12.5. The van der Waals surface area contributed by atoms with Crippen LogP contribution in [0.3, 0.4) is 0 Å². The van der Waals surface area contributed by atoms with Crippen molar-refractivity contribution in [2.24, 2.45) is 5.92 Å². The van der Waals surface area contributed by atoms with Crippen molar-refractivity contribution in [2.45, 2.75) is 32.7 Å². The van der Waals surface area contributed by atoms with Gasteiger partial charge in [0.2, 0.25) is 0 Å². The predicted octanol–water partition coefficient (Wildman–Crippen LogP) is 2.03. The molecule has 3 rings (SSSR count). The zero-order valence-electron chi connectivity index (χ0n) is 10.5. The Kier molecular flexibility index (Phi) is 2.74. The highest BCUT2D eigenvalue weighted by molar-refractivity contribution is 5.71. The highest BCUT2D eigenvalue weighted by Gasteiger charge is 2.21. The fourth-order valence-corrected chi connectivity index (χ4v) is 2.30.